The lowest BCUT2D eigenvalue weighted by Crippen LogP contribution is -2.34. The monoisotopic (exact) mass is 527 g/mol. The van der Waals surface area contributed by atoms with Crippen LogP contribution in [0.15, 0.2) is 71.8 Å². The number of halogens is 2. The van der Waals surface area contributed by atoms with Crippen LogP contribution in [0.1, 0.15) is 39.6 Å². The first kappa shape index (κ1) is 26.7. The SMILES string of the molecule is CCCOc1ccc(C(=O)Oc2ccc(C=NNC(=O)CNC(=O)c3ccc(Cl)c(Cl)c3)cc2)cc1. The number of nitrogens with one attached hydrogen (secondary N) is 2. The van der Waals surface area contributed by atoms with Crippen molar-refractivity contribution in [2.75, 3.05) is 13.2 Å². The standard InChI is InChI=1S/C26H23Cl2N3O5/c1-2-13-35-20-10-5-18(6-11-20)26(34)36-21-8-3-17(4-9-21)15-30-31-24(32)16-29-25(33)19-7-12-22(27)23(28)14-19/h3-12,14-15H,2,13,16H2,1H3,(H,29,33)(H,31,32). The van der Waals surface area contributed by atoms with Gasteiger partial charge in [0.1, 0.15) is 11.5 Å². The van der Waals surface area contributed by atoms with Gasteiger partial charge in [-0.1, -0.05) is 30.1 Å². The average Bonchev–Trinajstić information content (AvgIpc) is 2.89. The maximum atomic E-state index is 12.3. The zero-order valence-electron chi connectivity index (χ0n) is 19.3. The summed E-state index contributed by atoms with van der Waals surface area (Å²) in [7, 11) is 0. The van der Waals surface area contributed by atoms with Crippen LogP contribution in [-0.4, -0.2) is 37.1 Å². The minimum atomic E-state index is -0.517. The predicted octanol–water partition coefficient (Wildman–Crippen LogP) is 4.88. The number of esters is 1. The van der Waals surface area contributed by atoms with E-state index in [1.54, 1.807) is 48.5 Å². The minimum absolute atomic E-state index is 0.241. The molecule has 0 atom stereocenters. The number of rotatable bonds is 10. The van der Waals surface area contributed by atoms with Gasteiger partial charge >= 0.3 is 5.97 Å². The summed E-state index contributed by atoms with van der Waals surface area (Å²) in [6.45, 7) is 2.35. The van der Waals surface area contributed by atoms with Crippen LogP contribution in [0.4, 0.5) is 0 Å². The first-order valence-corrected chi connectivity index (χ1v) is 11.7. The van der Waals surface area contributed by atoms with Crippen molar-refractivity contribution in [2.45, 2.75) is 13.3 Å². The van der Waals surface area contributed by atoms with Gasteiger partial charge in [-0.15, -0.1) is 0 Å². The van der Waals surface area contributed by atoms with Gasteiger partial charge in [0.2, 0.25) is 0 Å². The van der Waals surface area contributed by atoms with Crippen LogP contribution in [-0.2, 0) is 4.79 Å². The molecule has 0 heterocycles. The maximum absolute atomic E-state index is 12.3. The molecule has 2 amide bonds. The molecule has 0 aliphatic carbocycles. The van der Waals surface area contributed by atoms with E-state index in [9.17, 15) is 14.4 Å². The topological polar surface area (TPSA) is 106 Å². The zero-order valence-corrected chi connectivity index (χ0v) is 20.8. The van der Waals surface area contributed by atoms with E-state index in [0.29, 0.717) is 34.3 Å². The summed E-state index contributed by atoms with van der Waals surface area (Å²) in [5.74, 6) is -0.431. The molecule has 3 rings (SSSR count). The van der Waals surface area contributed by atoms with E-state index in [-0.39, 0.29) is 17.1 Å². The van der Waals surface area contributed by atoms with Crippen molar-refractivity contribution in [1.29, 1.82) is 0 Å². The molecule has 0 radical (unpaired) electrons. The summed E-state index contributed by atoms with van der Waals surface area (Å²) in [5.41, 5.74) is 3.66. The van der Waals surface area contributed by atoms with Crippen molar-refractivity contribution in [2.24, 2.45) is 5.10 Å². The van der Waals surface area contributed by atoms with E-state index >= 15 is 0 Å². The second-order valence-electron chi connectivity index (χ2n) is 7.44. The van der Waals surface area contributed by atoms with Crippen LogP contribution in [0.5, 0.6) is 11.5 Å². The number of ether oxygens (including phenoxy) is 2. The molecule has 0 aromatic heterocycles. The van der Waals surface area contributed by atoms with Gasteiger partial charge in [0.05, 0.1) is 35.0 Å². The summed E-state index contributed by atoms with van der Waals surface area (Å²) in [6.07, 6.45) is 2.32. The van der Waals surface area contributed by atoms with E-state index in [2.05, 4.69) is 15.8 Å². The normalized spacial score (nSPS) is 10.6. The highest BCUT2D eigenvalue weighted by atomic mass is 35.5. The Bertz CT molecular complexity index is 1250. The number of carbonyl (C=O) groups excluding carboxylic acids is 3. The third-order valence-electron chi connectivity index (χ3n) is 4.65. The lowest BCUT2D eigenvalue weighted by atomic mass is 10.2. The van der Waals surface area contributed by atoms with E-state index < -0.39 is 17.8 Å². The van der Waals surface area contributed by atoms with E-state index in [4.69, 9.17) is 32.7 Å². The molecule has 2 N–H and O–H groups in total. The molecule has 0 fully saturated rings. The third kappa shape index (κ3) is 8.11. The van der Waals surface area contributed by atoms with Crippen molar-refractivity contribution in [3.8, 4) is 11.5 Å². The molecule has 3 aromatic rings. The molecule has 0 bridgehead atoms. The Morgan fingerprint density at radius 2 is 1.56 bits per heavy atom. The van der Waals surface area contributed by atoms with Crippen LogP contribution in [0, 0.1) is 0 Å². The molecule has 0 spiro atoms. The highest BCUT2D eigenvalue weighted by Gasteiger charge is 2.10. The zero-order chi connectivity index (χ0) is 25.9. The number of carbonyl (C=O) groups is 3. The molecular formula is C26H23Cl2N3O5. The Balaban J connectivity index is 1.44. The Morgan fingerprint density at radius 3 is 2.22 bits per heavy atom. The fraction of sp³-hybridized carbons (Fsp3) is 0.154. The Kier molecular flexibility index (Phi) is 9.85. The van der Waals surface area contributed by atoms with Gasteiger partial charge in [-0.05, 0) is 78.7 Å². The van der Waals surface area contributed by atoms with Crippen molar-refractivity contribution in [3.05, 3.63) is 93.5 Å². The van der Waals surface area contributed by atoms with Gasteiger partial charge in [0.15, 0.2) is 0 Å². The molecule has 0 saturated heterocycles. The fourth-order valence-corrected chi connectivity index (χ4v) is 3.11. The Labute approximate surface area is 218 Å². The highest BCUT2D eigenvalue weighted by Crippen LogP contribution is 2.22. The maximum Gasteiger partial charge on any atom is 0.343 e. The Hall–Kier alpha value is -3.88. The molecule has 3 aromatic carbocycles. The second-order valence-corrected chi connectivity index (χ2v) is 8.25. The lowest BCUT2D eigenvalue weighted by molar-refractivity contribution is -0.120. The van der Waals surface area contributed by atoms with Crippen LogP contribution in [0.2, 0.25) is 10.0 Å². The molecule has 0 saturated carbocycles. The predicted molar refractivity (Wildman–Crippen MR) is 138 cm³/mol. The number of nitrogens with zero attached hydrogens (tertiary/aromatic N) is 1. The van der Waals surface area contributed by atoms with Gasteiger partial charge in [-0.3, -0.25) is 9.59 Å². The molecule has 0 aliphatic heterocycles. The molecular weight excluding hydrogens is 505 g/mol. The second kappa shape index (κ2) is 13.3. The van der Waals surface area contributed by atoms with E-state index in [1.807, 2.05) is 6.92 Å². The smallest absolute Gasteiger partial charge is 0.343 e. The molecule has 36 heavy (non-hydrogen) atoms. The van der Waals surface area contributed by atoms with Crippen LogP contribution in [0.25, 0.3) is 0 Å². The summed E-state index contributed by atoms with van der Waals surface area (Å²) in [4.78, 5) is 36.3. The van der Waals surface area contributed by atoms with E-state index in [0.717, 1.165) is 6.42 Å². The number of hydrazone groups is 1. The van der Waals surface area contributed by atoms with Gasteiger partial charge in [0.25, 0.3) is 11.8 Å². The number of hydrogen-bond acceptors (Lipinski definition) is 6. The van der Waals surface area contributed by atoms with Crippen molar-refractivity contribution in [1.82, 2.24) is 10.7 Å². The highest BCUT2D eigenvalue weighted by molar-refractivity contribution is 6.42. The molecule has 8 nitrogen and oxygen atoms in total. The molecule has 186 valence electrons. The van der Waals surface area contributed by atoms with Crippen LogP contribution >= 0.6 is 23.2 Å². The molecule has 0 unspecified atom stereocenters. The summed E-state index contributed by atoms with van der Waals surface area (Å²) in [6, 6.07) is 17.7. The van der Waals surface area contributed by atoms with Gasteiger partial charge in [0, 0.05) is 5.56 Å². The number of benzene rings is 3. The third-order valence-corrected chi connectivity index (χ3v) is 5.39. The van der Waals surface area contributed by atoms with Crippen molar-refractivity contribution < 1.29 is 23.9 Å². The summed E-state index contributed by atoms with van der Waals surface area (Å²) >= 11 is 11.7. The van der Waals surface area contributed by atoms with E-state index in [1.165, 1.54) is 24.4 Å². The first-order chi connectivity index (χ1) is 17.4. The lowest BCUT2D eigenvalue weighted by Gasteiger charge is -2.07. The molecule has 0 aliphatic rings. The van der Waals surface area contributed by atoms with Crippen molar-refractivity contribution in [3.63, 3.8) is 0 Å². The van der Waals surface area contributed by atoms with Gasteiger partial charge < -0.3 is 14.8 Å². The number of amides is 2. The van der Waals surface area contributed by atoms with Crippen LogP contribution < -0.4 is 20.2 Å². The quantitative estimate of drug-likeness (QED) is 0.169. The fourth-order valence-electron chi connectivity index (χ4n) is 2.81. The first-order valence-electron chi connectivity index (χ1n) is 11.0. The van der Waals surface area contributed by atoms with Crippen LogP contribution in [0.3, 0.4) is 0 Å². The number of hydrogen-bond donors (Lipinski definition) is 2. The Morgan fingerprint density at radius 1 is 0.889 bits per heavy atom. The summed E-state index contributed by atoms with van der Waals surface area (Å²) < 4.78 is 10.9. The minimum Gasteiger partial charge on any atom is -0.494 e. The largest absolute Gasteiger partial charge is 0.494 e. The van der Waals surface area contributed by atoms with Gasteiger partial charge in [-0.25, -0.2) is 10.2 Å². The average molecular weight is 528 g/mol. The summed E-state index contributed by atoms with van der Waals surface area (Å²) in [5, 5.41) is 6.88. The molecule has 10 heteroatoms. The van der Waals surface area contributed by atoms with Crippen molar-refractivity contribution >= 4 is 47.2 Å². The van der Waals surface area contributed by atoms with Gasteiger partial charge in [-0.2, -0.15) is 5.10 Å².